The Hall–Kier alpha value is 2.00. The predicted octanol–water partition coefficient (Wildman–Crippen LogP) is 7.40. The van der Waals surface area contributed by atoms with Gasteiger partial charge in [-0.25, -0.2) is 0 Å². The average molecular weight is 516 g/mol. The zero-order valence-corrected chi connectivity index (χ0v) is 28.2. The Balaban J connectivity index is 6.84. The lowest BCUT2D eigenvalue weighted by Crippen LogP contribution is -2.87. The molecule has 24 heavy (non-hydrogen) atoms. The molecular weight excluding hydrogens is 469 g/mol. The van der Waals surface area contributed by atoms with E-state index in [1.807, 2.05) is 0 Å². The largest absolute Gasteiger partial charge is 0.133 e. The van der Waals surface area contributed by atoms with Crippen LogP contribution < -0.4 is 0 Å². The van der Waals surface area contributed by atoms with E-state index in [4.69, 9.17) is 15.3 Å². The maximum Gasteiger partial charge on any atom is 0.111 e. The van der Waals surface area contributed by atoms with Crippen LogP contribution in [0.3, 0.4) is 0 Å². The smallest absolute Gasteiger partial charge is 0.111 e. The van der Waals surface area contributed by atoms with Crippen LogP contribution in [0.25, 0.3) is 0 Å². The van der Waals surface area contributed by atoms with Gasteiger partial charge in [0, 0.05) is 44.6 Å². The van der Waals surface area contributed by atoms with Crippen molar-refractivity contribution in [3.8, 4) is 0 Å². The van der Waals surface area contributed by atoms with Crippen molar-refractivity contribution in [3.05, 3.63) is 0 Å². The molecule has 0 aromatic heterocycles. The molecule has 8 heteroatoms. The highest BCUT2D eigenvalue weighted by atomic mass is 79.9. The number of rotatable bonds is 7. The first-order chi connectivity index (χ1) is 9.96. The van der Waals surface area contributed by atoms with Crippen molar-refractivity contribution in [2.75, 3.05) is 0 Å². The molecule has 0 aliphatic heterocycles. The number of halogens is 1. The summed E-state index contributed by atoms with van der Waals surface area (Å²) in [7, 11) is -5.84. The van der Waals surface area contributed by atoms with Crippen LogP contribution in [-0.4, -0.2) is 50.3 Å². The predicted molar refractivity (Wildman–Crippen MR) is 142 cm³/mol. The molecule has 0 nitrogen and oxygen atoms in total. The molecule has 0 rings (SSSR count). The van der Waals surface area contributed by atoms with Crippen LogP contribution in [0.4, 0.5) is 0 Å². The Morgan fingerprint density at radius 1 is 0.417 bits per heavy atom. The Kier molecular flexibility index (Phi) is 7.70. The lowest BCUT2D eigenvalue weighted by Gasteiger charge is -2.62. The highest BCUT2D eigenvalue weighted by Gasteiger charge is 2.67. The first-order valence-corrected chi connectivity index (χ1v) is 38.8. The normalized spacial score (nSPS) is 16.5. The van der Waals surface area contributed by atoms with E-state index in [0.29, 0.717) is 0 Å². The van der Waals surface area contributed by atoms with Gasteiger partial charge in [0.05, 0.1) is 0 Å². The van der Waals surface area contributed by atoms with Crippen molar-refractivity contribution in [1.82, 2.24) is 0 Å². The third-order valence-electron chi connectivity index (χ3n) is 6.73. The van der Waals surface area contributed by atoms with Gasteiger partial charge in [-0.05, 0) is 0 Å². The van der Waals surface area contributed by atoms with E-state index >= 15 is 0 Å². The van der Waals surface area contributed by atoms with E-state index in [1.54, 1.807) is 5.67 Å². The van der Waals surface area contributed by atoms with Gasteiger partial charge in [-0.15, -0.1) is 15.3 Å². The SMILES string of the molecule is C[Si](C)(C)[Si](Br)(C[Si]([Si](C)(C)C)([Si](C)(C)C)[Si](C)(C)C)[Si](C)(C)C. The summed E-state index contributed by atoms with van der Waals surface area (Å²) in [6, 6.07) is 0. The van der Waals surface area contributed by atoms with Crippen molar-refractivity contribution >= 4 is 65.6 Å². The van der Waals surface area contributed by atoms with Crippen LogP contribution in [0.5, 0.6) is 0 Å². The fourth-order valence-corrected chi connectivity index (χ4v) is 193. The van der Waals surface area contributed by atoms with Gasteiger partial charge in [0.1, 0.15) is 5.73 Å². The second-order valence-electron chi connectivity index (χ2n) is 13.1. The monoisotopic (exact) mass is 514 g/mol. The first kappa shape index (κ1) is 26.0. The van der Waals surface area contributed by atoms with Crippen molar-refractivity contribution in [1.29, 1.82) is 0 Å². The fourth-order valence-electron chi connectivity index (χ4n) is 6.19. The Morgan fingerprint density at radius 2 is 0.625 bits per heavy atom. The second kappa shape index (κ2) is 7.11. The minimum atomic E-state index is -1.36. The molecule has 146 valence electrons. The molecule has 0 aliphatic rings. The van der Waals surface area contributed by atoms with Crippen LogP contribution in [0.2, 0.25) is 104 Å². The van der Waals surface area contributed by atoms with Gasteiger partial charge in [-0.3, -0.25) is 0 Å². The summed E-state index contributed by atoms with van der Waals surface area (Å²) in [5.41, 5.74) is 0.381. The molecule has 0 saturated carbocycles. The summed E-state index contributed by atoms with van der Waals surface area (Å²) in [6.45, 7) is 39.9. The molecule has 0 aromatic rings. The second-order valence-corrected chi connectivity index (χ2v) is 90.2. The van der Waals surface area contributed by atoms with Crippen molar-refractivity contribution < 1.29 is 0 Å². The quantitative estimate of drug-likeness (QED) is 0.245. The first-order valence-electron chi connectivity index (χ1n) is 9.65. The lowest BCUT2D eigenvalue weighted by atomic mass is 11.8. The molecule has 0 aliphatic carbocycles. The molecule has 0 atom stereocenters. The van der Waals surface area contributed by atoms with Crippen LogP contribution >= 0.6 is 15.3 Å². The molecule has 0 N–H and O–H groups in total. The summed E-state index contributed by atoms with van der Waals surface area (Å²) in [6.07, 6.45) is 0. The lowest BCUT2D eigenvalue weighted by molar-refractivity contribution is 1.66. The van der Waals surface area contributed by atoms with Gasteiger partial charge in [-0.2, -0.15) is 0 Å². The van der Waals surface area contributed by atoms with E-state index in [-0.39, 0.29) is 0 Å². The standard InChI is InChI=1S/C16H47BrSi7/c1-18(2,3)23(17,19(4,5)6)16-24(20(7,8)9,21(10,11)12)22(13,14)15/h16H2,1-15H3. The molecule has 0 amide bonds. The molecule has 0 saturated heterocycles. The minimum absolute atomic E-state index is 1.16. The van der Waals surface area contributed by atoms with Crippen molar-refractivity contribution in [3.63, 3.8) is 0 Å². The fraction of sp³-hybridized carbons (Fsp3) is 1.00. The summed E-state index contributed by atoms with van der Waals surface area (Å²) in [4.78, 5) is 0. The topological polar surface area (TPSA) is 0 Å². The summed E-state index contributed by atoms with van der Waals surface area (Å²) in [5.74, 6) is 0. The third kappa shape index (κ3) is 4.52. The van der Waals surface area contributed by atoms with E-state index in [9.17, 15) is 0 Å². The zero-order chi connectivity index (χ0) is 20.2. The molecule has 0 fully saturated rings. The van der Waals surface area contributed by atoms with Gasteiger partial charge < -0.3 is 0 Å². The zero-order valence-electron chi connectivity index (χ0n) is 19.6. The van der Waals surface area contributed by atoms with Crippen LogP contribution in [0.15, 0.2) is 0 Å². The molecule has 0 bridgehead atoms. The van der Waals surface area contributed by atoms with E-state index in [1.165, 1.54) is 0 Å². The van der Waals surface area contributed by atoms with E-state index in [2.05, 4.69) is 98.2 Å². The summed E-state index contributed by atoms with van der Waals surface area (Å²) in [5, 5.41) is 0. The maximum absolute atomic E-state index is 4.70. The maximum atomic E-state index is 4.70. The number of hydrogen-bond donors (Lipinski definition) is 0. The van der Waals surface area contributed by atoms with Crippen LogP contribution in [0.1, 0.15) is 0 Å². The Bertz CT molecular complexity index is 391. The molecule has 0 aromatic carbocycles. The molecule has 0 unspecified atom stereocenters. The Labute approximate surface area is 168 Å². The van der Waals surface area contributed by atoms with Gasteiger partial charge in [0.15, 0.2) is 0 Å². The number of hydrogen-bond acceptors (Lipinski definition) is 0. The molecule has 0 heterocycles. The molecule has 0 radical (unpaired) electrons. The van der Waals surface area contributed by atoms with E-state index in [0.717, 1.165) is 0 Å². The van der Waals surface area contributed by atoms with Gasteiger partial charge in [-0.1, -0.05) is 104 Å². The highest BCUT2D eigenvalue weighted by Crippen LogP contribution is 2.48. The van der Waals surface area contributed by atoms with Gasteiger partial charge in [0.25, 0.3) is 0 Å². The van der Waals surface area contributed by atoms with E-state index < -0.39 is 50.3 Å². The van der Waals surface area contributed by atoms with Gasteiger partial charge >= 0.3 is 0 Å². The summed E-state index contributed by atoms with van der Waals surface area (Å²) >= 11 is 4.70. The van der Waals surface area contributed by atoms with Crippen LogP contribution in [0, 0.1) is 0 Å². The molecule has 0 spiro atoms. The highest BCUT2D eigenvalue weighted by molar-refractivity contribution is 9.29. The Morgan fingerprint density at radius 3 is 0.750 bits per heavy atom. The van der Waals surface area contributed by atoms with Gasteiger partial charge in [0.2, 0.25) is 0 Å². The minimum Gasteiger partial charge on any atom is -0.133 e. The van der Waals surface area contributed by atoms with Crippen LogP contribution in [-0.2, 0) is 0 Å². The van der Waals surface area contributed by atoms with Crippen molar-refractivity contribution in [2.45, 2.75) is 104 Å². The average Bonchev–Trinajstić information content (AvgIpc) is 2.15. The van der Waals surface area contributed by atoms with Crippen molar-refractivity contribution in [2.24, 2.45) is 0 Å². The third-order valence-corrected chi connectivity index (χ3v) is 146. The molecular formula is C16H47BrSi7. The summed E-state index contributed by atoms with van der Waals surface area (Å²) < 4.78 is 0.